The highest BCUT2D eigenvalue weighted by molar-refractivity contribution is 5.94. The Morgan fingerprint density at radius 2 is 1.54 bits per heavy atom. The molecular weight excluding hydrogens is 330 g/mol. The number of nitrogens with one attached hydrogen (secondary N) is 1. The highest BCUT2D eigenvalue weighted by Crippen LogP contribution is 2.19. The van der Waals surface area contributed by atoms with Gasteiger partial charge in [-0.2, -0.15) is 0 Å². The van der Waals surface area contributed by atoms with Crippen LogP contribution in [0.15, 0.2) is 30.3 Å². The first-order valence-electron chi connectivity index (χ1n) is 9.55. The molecule has 0 saturated carbocycles. The number of carbonyl (C=O) groups is 3. The molecule has 1 aromatic rings. The van der Waals surface area contributed by atoms with Gasteiger partial charge in [0.1, 0.15) is 0 Å². The van der Waals surface area contributed by atoms with E-state index in [1.165, 1.54) is 6.42 Å². The van der Waals surface area contributed by atoms with Crippen LogP contribution in [0.2, 0.25) is 0 Å². The Morgan fingerprint density at radius 1 is 0.885 bits per heavy atom. The van der Waals surface area contributed by atoms with Crippen LogP contribution in [-0.4, -0.2) is 60.2 Å². The molecule has 0 atom stereocenters. The van der Waals surface area contributed by atoms with Gasteiger partial charge in [0, 0.05) is 37.7 Å². The average molecular weight is 357 g/mol. The van der Waals surface area contributed by atoms with Gasteiger partial charge in [0.25, 0.3) is 5.91 Å². The van der Waals surface area contributed by atoms with E-state index in [0.29, 0.717) is 31.5 Å². The van der Waals surface area contributed by atoms with Crippen LogP contribution in [-0.2, 0) is 9.59 Å². The molecule has 3 amide bonds. The summed E-state index contributed by atoms with van der Waals surface area (Å²) in [6.45, 7) is 2.84. The maximum atomic E-state index is 12.4. The molecule has 0 unspecified atom stereocenters. The maximum absolute atomic E-state index is 12.4. The highest BCUT2D eigenvalue weighted by Gasteiger charge is 2.28. The molecule has 1 aromatic carbocycles. The zero-order valence-electron chi connectivity index (χ0n) is 15.2. The lowest BCUT2D eigenvalue weighted by Crippen LogP contribution is -2.46. The SMILES string of the molecule is O=C(NCC(=O)N1CCCCC1)C1CCN(C(=O)c2ccccc2)CC1. The van der Waals surface area contributed by atoms with E-state index in [1.807, 2.05) is 35.2 Å². The Morgan fingerprint density at radius 3 is 2.19 bits per heavy atom. The van der Waals surface area contributed by atoms with E-state index >= 15 is 0 Å². The van der Waals surface area contributed by atoms with Gasteiger partial charge in [-0.15, -0.1) is 0 Å². The Labute approximate surface area is 154 Å². The molecule has 2 heterocycles. The zero-order chi connectivity index (χ0) is 18.4. The van der Waals surface area contributed by atoms with Gasteiger partial charge in [0.05, 0.1) is 6.54 Å². The molecule has 0 radical (unpaired) electrons. The van der Waals surface area contributed by atoms with Crippen molar-refractivity contribution in [2.45, 2.75) is 32.1 Å². The molecule has 2 aliphatic heterocycles. The normalized spacial score (nSPS) is 18.5. The number of rotatable bonds is 4. The fourth-order valence-corrected chi connectivity index (χ4v) is 3.67. The van der Waals surface area contributed by atoms with Crippen molar-refractivity contribution >= 4 is 17.7 Å². The van der Waals surface area contributed by atoms with E-state index < -0.39 is 0 Å². The monoisotopic (exact) mass is 357 g/mol. The molecule has 0 spiro atoms. The third kappa shape index (κ3) is 4.62. The summed E-state index contributed by atoms with van der Waals surface area (Å²) in [5, 5.41) is 2.79. The maximum Gasteiger partial charge on any atom is 0.253 e. The first kappa shape index (κ1) is 18.4. The number of piperidine rings is 2. The zero-order valence-corrected chi connectivity index (χ0v) is 15.2. The number of benzene rings is 1. The summed E-state index contributed by atoms with van der Waals surface area (Å²) in [5.74, 6) is -0.161. The van der Waals surface area contributed by atoms with Crippen molar-refractivity contribution in [2.75, 3.05) is 32.7 Å². The standard InChI is InChI=1S/C20H27N3O3/c24-18(22-11-5-2-6-12-22)15-21-19(25)16-9-13-23(14-10-16)20(26)17-7-3-1-4-8-17/h1,3-4,7-8,16H,2,5-6,9-15H2,(H,21,25). The molecule has 0 aliphatic carbocycles. The van der Waals surface area contributed by atoms with Gasteiger partial charge in [-0.05, 0) is 44.2 Å². The minimum Gasteiger partial charge on any atom is -0.347 e. The molecule has 3 rings (SSSR count). The summed E-state index contributed by atoms with van der Waals surface area (Å²) in [5.41, 5.74) is 0.683. The molecule has 26 heavy (non-hydrogen) atoms. The van der Waals surface area contributed by atoms with Crippen LogP contribution in [0.4, 0.5) is 0 Å². The number of nitrogens with zero attached hydrogens (tertiary/aromatic N) is 2. The van der Waals surface area contributed by atoms with Crippen molar-refractivity contribution in [3.63, 3.8) is 0 Å². The van der Waals surface area contributed by atoms with Crippen molar-refractivity contribution in [2.24, 2.45) is 5.92 Å². The smallest absolute Gasteiger partial charge is 0.253 e. The second-order valence-corrected chi connectivity index (χ2v) is 7.09. The van der Waals surface area contributed by atoms with E-state index in [2.05, 4.69) is 5.32 Å². The molecule has 1 N–H and O–H groups in total. The Bertz CT molecular complexity index is 633. The van der Waals surface area contributed by atoms with Gasteiger partial charge in [-0.3, -0.25) is 14.4 Å². The highest BCUT2D eigenvalue weighted by atomic mass is 16.2. The second-order valence-electron chi connectivity index (χ2n) is 7.09. The number of amides is 3. The van der Waals surface area contributed by atoms with E-state index in [9.17, 15) is 14.4 Å². The lowest BCUT2D eigenvalue weighted by molar-refractivity contribution is -0.134. The minimum absolute atomic E-state index is 0.00902. The van der Waals surface area contributed by atoms with Gasteiger partial charge < -0.3 is 15.1 Å². The summed E-state index contributed by atoms with van der Waals surface area (Å²) in [6, 6.07) is 9.22. The first-order valence-corrected chi connectivity index (χ1v) is 9.55. The van der Waals surface area contributed by atoms with Crippen molar-refractivity contribution < 1.29 is 14.4 Å². The molecule has 0 bridgehead atoms. The summed E-state index contributed by atoms with van der Waals surface area (Å²) >= 11 is 0. The predicted molar refractivity (Wildman–Crippen MR) is 98.5 cm³/mol. The molecule has 6 nitrogen and oxygen atoms in total. The molecular formula is C20H27N3O3. The predicted octanol–water partition coefficient (Wildman–Crippen LogP) is 1.67. The topological polar surface area (TPSA) is 69.7 Å². The summed E-state index contributed by atoms with van der Waals surface area (Å²) in [6.07, 6.45) is 4.56. The number of carbonyl (C=O) groups excluding carboxylic acids is 3. The summed E-state index contributed by atoms with van der Waals surface area (Å²) < 4.78 is 0. The van der Waals surface area contributed by atoms with Crippen molar-refractivity contribution in [3.8, 4) is 0 Å². The van der Waals surface area contributed by atoms with Crippen molar-refractivity contribution in [3.05, 3.63) is 35.9 Å². The van der Waals surface area contributed by atoms with Crippen molar-refractivity contribution in [1.82, 2.24) is 15.1 Å². The van der Waals surface area contributed by atoms with E-state index in [1.54, 1.807) is 4.90 Å². The van der Waals surface area contributed by atoms with Crippen LogP contribution in [0.25, 0.3) is 0 Å². The van der Waals surface area contributed by atoms with Gasteiger partial charge in [0.15, 0.2) is 0 Å². The molecule has 6 heteroatoms. The largest absolute Gasteiger partial charge is 0.347 e. The van der Waals surface area contributed by atoms with Crippen LogP contribution in [0, 0.1) is 5.92 Å². The van der Waals surface area contributed by atoms with E-state index in [4.69, 9.17) is 0 Å². The fourth-order valence-electron chi connectivity index (χ4n) is 3.67. The van der Waals surface area contributed by atoms with Crippen LogP contribution >= 0.6 is 0 Å². The van der Waals surface area contributed by atoms with Gasteiger partial charge in [-0.25, -0.2) is 0 Å². The Kier molecular flexibility index (Phi) is 6.26. The van der Waals surface area contributed by atoms with Crippen LogP contribution < -0.4 is 5.32 Å². The number of hydrogen-bond donors (Lipinski definition) is 1. The van der Waals surface area contributed by atoms with Crippen LogP contribution in [0.1, 0.15) is 42.5 Å². The van der Waals surface area contributed by atoms with Gasteiger partial charge >= 0.3 is 0 Å². The Balaban J connectivity index is 1.42. The molecule has 2 saturated heterocycles. The Hall–Kier alpha value is -2.37. The molecule has 140 valence electrons. The lowest BCUT2D eigenvalue weighted by Gasteiger charge is -2.31. The number of likely N-dealkylation sites (tertiary alicyclic amines) is 2. The third-order valence-electron chi connectivity index (χ3n) is 5.30. The average Bonchev–Trinajstić information content (AvgIpc) is 2.72. The molecule has 2 fully saturated rings. The lowest BCUT2D eigenvalue weighted by atomic mass is 9.95. The van der Waals surface area contributed by atoms with Gasteiger partial charge in [0.2, 0.25) is 11.8 Å². The molecule has 0 aromatic heterocycles. The second kappa shape index (κ2) is 8.83. The summed E-state index contributed by atoms with van der Waals surface area (Å²) in [7, 11) is 0. The quantitative estimate of drug-likeness (QED) is 0.891. The third-order valence-corrected chi connectivity index (χ3v) is 5.30. The van der Waals surface area contributed by atoms with E-state index in [-0.39, 0.29) is 30.2 Å². The van der Waals surface area contributed by atoms with Crippen LogP contribution in [0.3, 0.4) is 0 Å². The van der Waals surface area contributed by atoms with Gasteiger partial charge in [-0.1, -0.05) is 18.2 Å². The fraction of sp³-hybridized carbons (Fsp3) is 0.550. The molecule has 2 aliphatic rings. The number of hydrogen-bond acceptors (Lipinski definition) is 3. The first-order chi connectivity index (χ1) is 12.6. The van der Waals surface area contributed by atoms with E-state index in [0.717, 1.165) is 25.9 Å². The van der Waals surface area contributed by atoms with Crippen LogP contribution in [0.5, 0.6) is 0 Å². The minimum atomic E-state index is -0.121. The summed E-state index contributed by atoms with van der Waals surface area (Å²) in [4.78, 5) is 40.6. The van der Waals surface area contributed by atoms with Crippen molar-refractivity contribution in [1.29, 1.82) is 0 Å².